The number of rotatable bonds is 6. The second kappa shape index (κ2) is 5.65. The van der Waals surface area contributed by atoms with Gasteiger partial charge in [0.1, 0.15) is 5.75 Å². The van der Waals surface area contributed by atoms with Crippen LogP contribution in [0.1, 0.15) is 19.3 Å². The molecule has 1 heterocycles. The van der Waals surface area contributed by atoms with Crippen LogP contribution in [0.5, 0.6) is 5.75 Å². The molecular weight excluding hydrogens is 292 g/mol. The molecule has 6 nitrogen and oxygen atoms in total. The Hall–Kier alpha value is -1.60. The molecule has 1 amide bonds. The van der Waals surface area contributed by atoms with Crippen molar-refractivity contribution in [2.24, 2.45) is 5.92 Å². The first-order valence-electron chi connectivity index (χ1n) is 7.09. The Morgan fingerprint density at radius 3 is 2.48 bits per heavy atom. The molecule has 1 saturated carbocycles. The van der Waals surface area contributed by atoms with Gasteiger partial charge in [-0.1, -0.05) is 0 Å². The maximum Gasteiger partial charge on any atom is 0.261 e. The number of amides is 1. The van der Waals surface area contributed by atoms with Gasteiger partial charge in [0.05, 0.1) is 4.90 Å². The normalized spacial score (nSPS) is 22.1. The van der Waals surface area contributed by atoms with Gasteiger partial charge in [-0.3, -0.25) is 4.79 Å². The van der Waals surface area contributed by atoms with Crippen LogP contribution in [-0.2, 0) is 14.8 Å². The number of sulfonamides is 1. The first-order chi connectivity index (χ1) is 10.0. The molecule has 3 rings (SSSR count). The predicted octanol–water partition coefficient (Wildman–Crippen LogP) is 0.642. The van der Waals surface area contributed by atoms with Crippen molar-refractivity contribution in [2.45, 2.75) is 30.3 Å². The maximum absolute atomic E-state index is 12.1. The molecule has 0 spiro atoms. The molecule has 1 aromatic rings. The van der Waals surface area contributed by atoms with Crippen molar-refractivity contribution in [1.29, 1.82) is 0 Å². The summed E-state index contributed by atoms with van der Waals surface area (Å²) in [7, 11) is -3.45. The summed E-state index contributed by atoms with van der Waals surface area (Å²) in [5.74, 6) is 0.860. The lowest BCUT2D eigenvalue weighted by Crippen LogP contribution is -2.27. The fraction of sp³-hybridized carbons (Fsp3) is 0.500. The fourth-order valence-corrected chi connectivity index (χ4v) is 3.29. The first-order valence-corrected chi connectivity index (χ1v) is 8.57. The smallest absolute Gasteiger partial charge is 0.261 e. The van der Waals surface area contributed by atoms with Gasteiger partial charge in [0.15, 0.2) is 6.10 Å². The summed E-state index contributed by atoms with van der Waals surface area (Å²) in [6.45, 7) is 1.11. The second-order valence-electron chi connectivity index (χ2n) is 5.45. The zero-order chi connectivity index (χ0) is 14.9. The standard InChI is InChI=1S/C14H18N2O4S/c17-14-13(7-8-15-14)20-11-3-5-12(6-4-11)21(18,19)16-9-10-1-2-10/h3-6,10,13,16H,1-2,7-9H2,(H,15,17)/t13-/m0/s1. The molecule has 2 fully saturated rings. The largest absolute Gasteiger partial charge is 0.481 e. The molecule has 2 aliphatic rings. The summed E-state index contributed by atoms with van der Waals surface area (Å²) in [4.78, 5) is 11.6. The van der Waals surface area contributed by atoms with E-state index in [4.69, 9.17) is 4.74 Å². The summed E-state index contributed by atoms with van der Waals surface area (Å²) in [6.07, 6.45) is 2.33. The molecule has 21 heavy (non-hydrogen) atoms. The summed E-state index contributed by atoms with van der Waals surface area (Å²) >= 11 is 0. The molecule has 7 heteroatoms. The summed E-state index contributed by atoms with van der Waals surface area (Å²) in [5, 5.41) is 2.69. The number of hydrogen-bond acceptors (Lipinski definition) is 4. The monoisotopic (exact) mass is 310 g/mol. The Bertz CT molecular complexity index is 623. The molecule has 1 aliphatic heterocycles. The van der Waals surface area contributed by atoms with Gasteiger partial charge in [0, 0.05) is 19.5 Å². The number of nitrogens with one attached hydrogen (secondary N) is 2. The van der Waals surface area contributed by atoms with Crippen molar-refractivity contribution in [3.8, 4) is 5.75 Å². The summed E-state index contributed by atoms with van der Waals surface area (Å²) in [6, 6.07) is 6.16. The molecule has 114 valence electrons. The van der Waals surface area contributed by atoms with E-state index in [1.807, 2.05) is 0 Å². The Labute approximate surface area is 123 Å². The van der Waals surface area contributed by atoms with E-state index >= 15 is 0 Å². The minimum atomic E-state index is -3.45. The lowest BCUT2D eigenvalue weighted by atomic mass is 10.3. The van der Waals surface area contributed by atoms with Gasteiger partial charge >= 0.3 is 0 Å². The van der Waals surface area contributed by atoms with E-state index in [-0.39, 0.29) is 10.8 Å². The lowest BCUT2D eigenvalue weighted by molar-refractivity contribution is -0.124. The van der Waals surface area contributed by atoms with Crippen molar-refractivity contribution in [3.63, 3.8) is 0 Å². The van der Waals surface area contributed by atoms with Gasteiger partial charge < -0.3 is 10.1 Å². The van der Waals surface area contributed by atoms with Crippen molar-refractivity contribution < 1.29 is 17.9 Å². The number of ether oxygens (including phenoxy) is 1. The lowest BCUT2D eigenvalue weighted by Gasteiger charge is -2.11. The van der Waals surface area contributed by atoms with Crippen molar-refractivity contribution in [2.75, 3.05) is 13.1 Å². The van der Waals surface area contributed by atoms with Crippen LogP contribution in [0.15, 0.2) is 29.2 Å². The van der Waals surface area contributed by atoms with Gasteiger partial charge in [-0.15, -0.1) is 0 Å². The highest BCUT2D eigenvalue weighted by Crippen LogP contribution is 2.28. The average Bonchev–Trinajstić information content (AvgIpc) is 3.22. The zero-order valence-corrected chi connectivity index (χ0v) is 12.4. The van der Waals surface area contributed by atoms with Crippen LogP contribution in [0.3, 0.4) is 0 Å². The topological polar surface area (TPSA) is 84.5 Å². The highest BCUT2D eigenvalue weighted by Gasteiger charge is 2.26. The molecule has 1 aromatic carbocycles. The van der Waals surface area contributed by atoms with Crippen LogP contribution in [-0.4, -0.2) is 33.5 Å². The minimum absolute atomic E-state index is 0.127. The SMILES string of the molecule is O=C1NCC[C@@H]1Oc1ccc(S(=O)(=O)NCC2CC2)cc1. The van der Waals surface area contributed by atoms with Crippen LogP contribution in [0.4, 0.5) is 0 Å². The number of benzene rings is 1. The van der Waals surface area contributed by atoms with Gasteiger partial charge in [-0.05, 0) is 43.0 Å². The van der Waals surface area contributed by atoms with Crippen LogP contribution in [0, 0.1) is 5.92 Å². The van der Waals surface area contributed by atoms with Gasteiger partial charge in [-0.25, -0.2) is 13.1 Å². The molecule has 2 N–H and O–H groups in total. The second-order valence-corrected chi connectivity index (χ2v) is 7.22. The average molecular weight is 310 g/mol. The fourth-order valence-electron chi connectivity index (χ4n) is 2.18. The van der Waals surface area contributed by atoms with Crippen molar-refractivity contribution in [3.05, 3.63) is 24.3 Å². The van der Waals surface area contributed by atoms with Gasteiger partial charge in [-0.2, -0.15) is 0 Å². The molecule has 1 saturated heterocycles. The summed E-state index contributed by atoms with van der Waals surface area (Å²) in [5.41, 5.74) is 0. The highest BCUT2D eigenvalue weighted by molar-refractivity contribution is 7.89. The van der Waals surface area contributed by atoms with E-state index in [0.717, 1.165) is 12.8 Å². The zero-order valence-electron chi connectivity index (χ0n) is 11.5. The minimum Gasteiger partial charge on any atom is -0.481 e. The first kappa shape index (κ1) is 14.3. The number of carbonyl (C=O) groups excluding carboxylic acids is 1. The number of hydrogen-bond donors (Lipinski definition) is 2. The van der Waals surface area contributed by atoms with E-state index in [0.29, 0.717) is 31.2 Å². The third kappa shape index (κ3) is 3.54. The molecule has 1 atom stereocenters. The maximum atomic E-state index is 12.1. The van der Waals surface area contributed by atoms with E-state index in [1.54, 1.807) is 12.1 Å². The molecule has 0 bridgehead atoms. The van der Waals surface area contributed by atoms with E-state index in [9.17, 15) is 13.2 Å². The molecule has 0 aromatic heterocycles. The van der Waals surface area contributed by atoms with Crippen LogP contribution < -0.4 is 14.8 Å². The van der Waals surface area contributed by atoms with E-state index in [1.165, 1.54) is 12.1 Å². The highest BCUT2D eigenvalue weighted by atomic mass is 32.2. The van der Waals surface area contributed by atoms with Crippen molar-refractivity contribution >= 4 is 15.9 Å². The molecule has 1 aliphatic carbocycles. The van der Waals surface area contributed by atoms with E-state index in [2.05, 4.69) is 10.0 Å². The Kier molecular flexibility index (Phi) is 3.86. The quantitative estimate of drug-likeness (QED) is 0.807. The Balaban J connectivity index is 1.63. The van der Waals surface area contributed by atoms with E-state index < -0.39 is 16.1 Å². The third-order valence-corrected chi connectivity index (χ3v) is 5.11. The van der Waals surface area contributed by atoms with Gasteiger partial charge in [0.25, 0.3) is 5.91 Å². The Morgan fingerprint density at radius 1 is 1.19 bits per heavy atom. The summed E-state index contributed by atoms with van der Waals surface area (Å²) < 4.78 is 32.3. The van der Waals surface area contributed by atoms with Crippen LogP contribution in [0.2, 0.25) is 0 Å². The predicted molar refractivity (Wildman–Crippen MR) is 76.4 cm³/mol. The van der Waals surface area contributed by atoms with Gasteiger partial charge in [0.2, 0.25) is 10.0 Å². The van der Waals surface area contributed by atoms with Crippen LogP contribution in [0.25, 0.3) is 0 Å². The number of carbonyl (C=O) groups is 1. The third-order valence-electron chi connectivity index (χ3n) is 3.67. The Morgan fingerprint density at radius 2 is 1.90 bits per heavy atom. The molecule has 0 radical (unpaired) electrons. The van der Waals surface area contributed by atoms with Crippen molar-refractivity contribution in [1.82, 2.24) is 10.0 Å². The van der Waals surface area contributed by atoms with Crippen LogP contribution >= 0.6 is 0 Å². The molecule has 0 unspecified atom stereocenters. The molecular formula is C14H18N2O4S.